The van der Waals surface area contributed by atoms with Gasteiger partial charge in [-0.1, -0.05) is 24.3 Å². The Morgan fingerprint density at radius 3 is 2.42 bits per heavy atom. The van der Waals surface area contributed by atoms with Crippen molar-refractivity contribution in [1.82, 2.24) is 5.32 Å². The highest BCUT2D eigenvalue weighted by atomic mass is 32.2. The zero-order valence-electron chi connectivity index (χ0n) is 15.5. The Bertz CT molecular complexity index is 948. The molecule has 2 aromatic carbocycles. The number of sulfone groups is 1. The van der Waals surface area contributed by atoms with E-state index in [1.807, 2.05) is 6.92 Å². The zero-order valence-corrected chi connectivity index (χ0v) is 16.3. The van der Waals surface area contributed by atoms with Crippen molar-refractivity contribution in [2.75, 3.05) is 6.26 Å². The van der Waals surface area contributed by atoms with E-state index in [1.165, 1.54) is 30.0 Å². The molecule has 2 aromatic rings. The Morgan fingerprint density at radius 2 is 1.73 bits per heavy atom. The fourth-order valence-corrected chi connectivity index (χ4v) is 4.52. The summed E-state index contributed by atoms with van der Waals surface area (Å²) in [6.45, 7) is 3.68. The van der Waals surface area contributed by atoms with Crippen molar-refractivity contribution in [1.29, 1.82) is 0 Å². The summed E-state index contributed by atoms with van der Waals surface area (Å²) in [5, 5.41) is 2.98. The third kappa shape index (κ3) is 3.98. The van der Waals surface area contributed by atoms with Crippen molar-refractivity contribution in [2.45, 2.75) is 50.5 Å². The molecule has 5 heteroatoms. The van der Waals surface area contributed by atoms with Crippen LogP contribution in [0.3, 0.4) is 0 Å². The lowest BCUT2D eigenvalue weighted by Crippen LogP contribution is -2.27. The lowest BCUT2D eigenvalue weighted by Gasteiger charge is -2.20. The number of carbonyl (C=O) groups excluding carboxylic acids is 1. The summed E-state index contributed by atoms with van der Waals surface area (Å²) >= 11 is 0. The van der Waals surface area contributed by atoms with Crippen LogP contribution in [0, 0.1) is 6.92 Å². The summed E-state index contributed by atoms with van der Waals surface area (Å²) < 4.78 is 23.8. The Kier molecular flexibility index (Phi) is 5.19. The van der Waals surface area contributed by atoms with Gasteiger partial charge in [-0.05, 0) is 73.9 Å². The summed E-state index contributed by atoms with van der Waals surface area (Å²) in [4.78, 5) is 12.8. The summed E-state index contributed by atoms with van der Waals surface area (Å²) in [7, 11) is -3.36. The summed E-state index contributed by atoms with van der Waals surface area (Å²) in [6.07, 6.45) is 5.85. The monoisotopic (exact) mass is 371 g/mol. The lowest BCUT2D eigenvalue weighted by atomic mass is 9.89. The number of fused-ring (bicyclic) bond motifs is 1. The molecular formula is C21H25NO3S. The van der Waals surface area contributed by atoms with Gasteiger partial charge in [0, 0.05) is 11.8 Å². The molecule has 0 saturated carbocycles. The number of hydrogen-bond acceptors (Lipinski definition) is 3. The van der Waals surface area contributed by atoms with Gasteiger partial charge in [-0.3, -0.25) is 4.79 Å². The van der Waals surface area contributed by atoms with Crippen LogP contribution in [0.1, 0.15) is 58.4 Å². The van der Waals surface area contributed by atoms with E-state index >= 15 is 0 Å². The highest BCUT2D eigenvalue weighted by Gasteiger charge is 2.17. The Hall–Kier alpha value is -2.14. The van der Waals surface area contributed by atoms with Crippen LogP contribution >= 0.6 is 0 Å². The molecule has 138 valence electrons. The number of amides is 1. The smallest absolute Gasteiger partial charge is 0.251 e. The molecule has 3 rings (SSSR count). The maximum atomic E-state index is 12.6. The van der Waals surface area contributed by atoms with E-state index in [2.05, 4.69) is 23.5 Å². The van der Waals surface area contributed by atoms with E-state index in [1.54, 1.807) is 19.1 Å². The molecule has 1 amide bonds. The molecular weight excluding hydrogens is 346 g/mol. The molecule has 0 unspecified atom stereocenters. The molecule has 0 aliphatic heterocycles. The molecule has 0 spiro atoms. The van der Waals surface area contributed by atoms with Crippen molar-refractivity contribution in [3.05, 3.63) is 64.2 Å². The summed E-state index contributed by atoms with van der Waals surface area (Å²) in [5.41, 5.74) is 4.88. The van der Waals surface area contributed by atoms with E-state index in [4.69, 9.17) is 0 Å². The average molecular weight is 372 g/mol. The minimum Gasteiger partial charge on any atom is -0.346 e. The van der Waals surface area contributed by atoms with Crippen LogP contribution in [0.5, 0.6) is 0 Å². The van der Waals surface area contributed by atoms with Crippen LogP contribution in [0.15, 0.2) is 41.3 Å². The molecule has 1 atom stereocenters. The highest BCUT2D eigenvalue weighted by molar-refractivity contribution is 7.90. The van der Waals surface area contributed by atoms with Crippen molar-refractivity contribution in [3.8, 4) is 0 Å². The molecule has 26 heavy (non-hydrogen) atoms. The third-order valence-electron chi connectivity index (χ3n) is 5.07. The third-order valence-corrected chi connectivity index (χ3v) is 6.31. The van der Waals surface area contributed by atoms with Gasteiger partial charge in [0.2, 0.25) is 0 Å². The van der Waals surface area contributed by atoms with Gasteiger partial charge in [0.25, 0.3) is 5.91 Å². The van der Waals surface area contributed by atoms with Gasteiger partial charge in [0.15, 0.2) is 9.84 Å². The van der Waals surface area contributed by atoms with Crippen LogP contribution < -0.4 is 5.32 Å². The van der Waals surface area contributed by atoms with Crippen molar-refractivity contribution in [2.24, 2.45) is 0 Å². The predicted molar refractivity (Wildman–Crippen MR) is 103 cm³/mol. The lowest BCUT2D eigenvalue weighted by molar-refractivity contribution is 0.0939. The second-order valence-electron chi connectivity index (χ2n) is 7.18. The number of benzene rings is 2. The number of carbonyl (C=O) groups is 1. The fraction of sp³-hybridized carbons (Fsp3) is 0.381. The standard InChI is InChI=1S/C21H25NO3S/c1-14-8-9-19(13-20(14)26(3,24)25)21(23)22-15(2)17-11-10-16-6-4-5-7-18(16)12-17/h8-13,15H,4-7H2,1-3H3,(H,22,23)/t15-/m0/s1. The molecule has 0 saturated heterocycles. The topological polar surface area (TPSA) is 63.2 Å². The van der Waals surface area contributed by atoms with E-state index < -0.39 is 9.84 Å². The maximum absolute atomic E-state index is 12.6. The molecule has 1 aliphatic carbocycles. The van der Waals surface area contributed by atoms with E-state index in [0.717, 1.165) is 24.7 Å². The van der Waals surface area contributed by atoms with Gasteiger partial charge in [-0.15, -0.1) is 0 Å². The molecule has 0 aromatic heterocycles. The first kappa shape index (κ1) is 18.6. The van der Waals surface area contributed by atoms with Crippen molar-refractivity contribution < 1.29 is 13.2 Å². The number of hydrogen-bond donors (Lipinski definition) is 1. The van der Waals surface area contributed by atoms with Gasteiger partial charge in [0.1, 0.15) is 0 Å². The minimum absolute atomic E-state index is 0.141. The fourth-order valence-electron chi connectivity index (χ4n) is 3.53. The molecule has 0 fully saturated rings. The first-order valence-corrected chi connectivity index (χ1v) is 10.9. The number of nitrogens with one attached hydrogen (secondary N) is 1. The molecule has 0 radical (unpaired) electrons. The zero-order chi connectivity index (χ0) is 18.9. The predicted octanol–water partition coefficient (Wildman–Crippen LogP) is 3.77. The van der Waals surface area contributed by atoms with Crippen LogP contribution in [-0.4, -0.2) is 20.6 Å². The second kappa shape index (κ2) is 7.23. The average Bonchev–Trinajstić information content (AvgIpc) is 2.60. The number of rotatable bonds is 4. The first-order chi connectivity index (χ1) is 12.3. The normalized spacial score (nSPS) is 15.2. The van der Waals surface area contributed by atoms with Crippen LogP contribution in [0.4, 0.5) is 0 Å². The molecule has 1 aliphatic rings. The van der Waals surface area contributed by atoms with Gasteiger partial charge >= 0.3 is 0 Å². The van der Waals surface area contributed by atoms with Crippen molar-refractivity contribution >= 4 is 15.7 Å². The Labute approximate surface area is 155 Å². The van der Waals surface area contributed by atoms with E-state index in [-0.39, 0.29) is 16.8 Å². The highest BCUT2D eigenvalue weighted by Crippen LogP contribution is 2.25. The van der Waals surface area contributed by atoms with Crippen LogP contribution in [-0.2, 0) is 22.7 Å². The number of aryl methyl sites for hydroxylation is 3. The largest absolute Gasteiger partial charge is 0.346 e. The van der Waals surface area contributed by atoms with Gasteiger partial charge < -0.3 is 5.32 Å². The quantitative estimate of drug-likeness (QED) is 0.890. The van der Waals surface area contributed by atoms with Gasteiger partial charge in [-0.2, -0.15) is 0 Å². The minimum atomic E-state index is -3.36. The van der Waals surface area contributed by atoms with Crippen LogP contribution in [0.25, 0.3) is 0 Å². The molecule has 0 heterocycles. The molecule has 0 bridgehead atoms. The summed E-state index contributed by atoms with van der Waals surface area (Å²) in [5.74, 6) is -0.264. The maximum Gasteiger partial charge on any atom is 0.251 e. The van der Waals surface area contributed by atoms with E-state index in [0.29, 0.717) is 11.1 Å². The Morgan fingerprint density at radius 1 is 1.04 bits per heavy atom. The van der Waals surface area contributed by atoms with Gasteiger partial charge in [0.05, 0.1) is 10.9 Å². The van der Waals surface area contributed by atoms with Gasteiger partial charge in [-0.25, -0.2) is 8.42 Å². The molecule has 4 nitrogen and oxygen atoms in total. The SMILES string of the molecule is Cc1ccc(C(=O)N[C@@H](C)c2ccc3c(c2)CCCC3)cc1S(C)(=O)=O. The van der Waals surface area contributed by atoms with E-state index in [9.17, 15) is 13.2 Å². The second-order valence-corrected chi connectivity index (χ2v) is 9.17. The van der Waals surface area contributed by atoms with Crippen LogP contribution in [0.2, 0.25) is 0 Å². The Balaban J connectivity index is 1.80. The first-order valence-electron chi connectivity index (χ1n) is 8.99. The summed E-state index contributed by atoms with van der Waals surface area (Å²) in [6, 6.07) is 11.1. The van der Waals surface area contributed by atoms with Crippen molar-refractivity contribution in [3.63, 3.8) is 0 Å². The molecule has 1 N–H and O–H groups in total.